The molecular weight excluding hydrogens is 316 g/mol. The zero-order valence-corrected chi connectivity index (χ0v) is 13.6. The quantitative estimate of drug-likeness (QED) is 0.902. The van der Waals surface area contributed by atoms with Crippen molar-refractivity contribution in [3.8, 4) is 11.3 Å². The van der Waals surface area contributed by atoms with Crippen molar-refractivity contribution in [2.75, 3.05) is 0 Å². The Labute approximate surface area is 139 Å². The van der Waals surface area contributed by atoms with Crippen molar-refractivity contribution in [2.45, 2.75) is 44.8 Å². The van der Waals surface area contributed by atoms with Gasteiger partial charge in [-0.3, -0.25) is 4.79 Å². The molecule has 1 aliphatic rings. The number of carbonyl (C=O) groups is 1. The van der Waals surface area contributed by atoms with Gasteiger partial charge in [0.25, 0.3) is 5.91 Å². The van der Waals surface area contributed by atoms with Crippen molar-refractivity contribution in [3.63, 3.8) is 0 Å². The third-order valence-electron chi connectivity index (χ3n) is 4.26. The molecule has 1 aromatic heterocycles. The average molecular weight is 335 g/mol. The summed E-state index contributed by atoms with van der Waals surface area (Å²) in [6.45, 7) is 1.69. The summed E-state index contributed by atoms with van der Waals surface area (Å²) in [6.07, 6.45) is 2.98. The predicted octanol–water partition coefficient (Wildman–Crippen LogP) is 3.34. The van der Waals surface area contributed by atoms with Crippen molar-refractivity contribution in [3.05, 3.63) is 40.6 Å². The van der Waals surface area contributed by atoms with Gasteiger partial charge in [-0.15, -0.1) is 0 Å². The van der Waals surface area contributed by atoms with Crippen LogP contribution in [-0.4, -0.2) is 28.3 Å². The number of aryl methyl sites for hydroxylation is 1. The molecule has 1 fully saturated rings. The lowest BCUT2D eigenvalue weighted by atomic mass is 9.92. The molecule has 23 heavy (non-hydrogen) atoms. The molecule has 0 saturated heterocycles. The first kappa shape index (κ1) is 16.0. The number of halogens is 1. The molecule has 2 unspecified atom stereocenters. The van der Waals surface area contributed by atoms with Crippen molar-refractivity contribution in [1.29, 1.82) is 0 Å². The van der Waals surface area contributed by atoms with E-state index in [9.17, 15) is 9.90 Å². The van der Waals surface area contributed by atoms with E-state index in [1.54, 1.807) is 19.1 Å². The number of hydrogen-bond acceptors (Lipinski definition) is 4. The van der Waals surface area contributed by atoms with Gasteiger partial charge in [-0.05, 0) is 25.8 Å². The molecule has 0 spiro atoms. The molecule has 6 heteroatoms. The summed E-state index contributed by atoms with van der Waals surface area (Å²) >= 11 is 6.21. The molecule has 2 N–H and O–H groups in total. The minimum absolute atomic E-state index is 0.232. The first-order chi connectivity index (χ1) is 11.1. The molecule has 0 aliphatic heterocycles. The molecule has 0 radical (unpaired) electrons. The molecule has 1 heterocycles. The summed E-state index contributed by atoms with van der Waals surface area (Å²) in [5.41, 5.74) is 1.45. The summed E-state index contributed by atoms with van der Waals surface area (Å²) in [5.74, 6) is 0.146. The number of hydrogen-bond donors (Lipinski definition) is 2. The van der Waals surface area contributed by atoms with E-state index in [4.69, 9.17) is 16.1 Å². The smallest absolute Gasteiger partial charge is 0.257 e. The van der Waals surface area contributed by atoms with E-state index in [0.29, 0.717) is 34.0 Å². The zero-order chi connectivity index (χ0) is 16.4. The summed E-state index contributed by atoms with van der Waals surface area (Å²) in [6, 6.07) is 6.96. The van der Waals surface area contributed by atoms with Gasteiger partial charge in [-0.2, -0.15) is 0 Å². The minimum atomic E-state index is -0.503. The van der Waals surface area contributed by atoms with Crippen LogP contribution >= 0.6 is 11.6 Å². The summed E-state index contributed by atoms with van der Waals surface area (Å²) in [4.78, 5) is 12.7. The van der Waals surface area contributed by atoms with Gasteiger partial charge in [-0.1, -0.05) is 47.8 Å². The van der Waals surface area contributed by atoms with E-state index in [-0.39, 0.29) is 11.9 Å². The molecular formula is C17H19ClN2O3. The van der Waals surface area contributed by atoms with Crippen molar-refractivity contribution < 1.29 is 14.4 Å². The summed E-state index contributed by atoms with van der Waals surface area (Å²) < 4.78 is 5.21. The highest BCUT2D eigenvalue weighted by molar-refractivity contribution is 6.33. The average Bonchev–Trinajstić information content (AvgIpc) is 2.91. The van der Waals surface area contributed by atoms with Crippen LogP contribution < -0.4 is 5.32 Å². The number of aliphatic hydroxyl groups is 1. The lowest BCUT2D eigenvalue weighted by molar-refractivity contribution is 0.0716. The van der Waals surface area contributed by atoms with Crippen LogP contribution in [-0.2, 0) is 0 Å². The second kappa shape index (κ2) is 6.72. The molecule has 1 saturated carbocycles. The highest BCUT2D eigenvalue weighted by Crippen LogP contribution is 2.31. The maximum Gasteiger partial charge on any atom is 0.257 e. The highest BCUT2D eigenvalue weighted by atomic mass is 35.5. The van der Waals surface area contributed by atoms with Crippen molar-refractivity contribution in [2.24, 2.45) is 0 Å². The van der Waals surface area contributed by atoms with E-state index in [1.807, 2.05) is 12.1 Å². The molecule has 122 valence electrons. The molecule has 2 aromatic rings. The Morgan fingerprint density at radius 1 is 1.35 bits per heavy atom. The topological polar surface area (TPSA) is 75.4 Å². The molecule has 1 aliphatic carbocycles. The monoisotopic (exact) mass is 334 g/mol. The van der Waals surface area contributed by atoms with Crippen LogP contribution in [0.4, 0.5) is 0 Å². The van der Waals surface area contributed by atoms with E-state index in [0.717, 1.165) is 19.3 Å². The molecule has 1 aromatic carbocycles. The fraction of sp³-hybridized carbons (Fsp3) is 0.412. The van der Waals surface area contributed by atoms with Gasteiger partial charge < -0.3 is 14.9 Å². The van der Waals surface area contributed by atoms with Gasteiger partial charge in [0.2, 0.25) is 0 Å². The van der Waals surface area contributed by atoms with E-state index >= 15 is 0 Å². The standard InChI is InChI=1S/C17H19ClN2O3/c1-10-15(17(22)19-13-8-4-5-9-14(13)21)16(20-23-10)11-6-2-3-7-12(11)18/h2-3,6-7,13-14,21H,4-5,8-9H2,1H3,(H,19,22). The third kappa shape index (κ3) is 3.26. The number of aliphatic hydroxyl groups excluding tert-OH is 1. The predicted molar refractivity (Wildman–Crippen MR) is 87.4 cm³/mol. The fourth-order valence-electron chi connectivity index (χ4n) is 3.00. The lowest BCUT2D eigenvalue weighted by Crippen LogP contribution is -2.45. The van der Waals surface area contributed by atoms with E-state index in [2.05, 4.69) is 10.5 Å². The van der Waals surface area contributed by atoms with Gasteiger partial charge in [0.15, 0.2) is 0 Å². The second-order valence-electron chi connectivity index (χ2n) is 5.87. The normalized spacial score (nSPS) is 21.2. The van der Waals surface area contributed by atoms with Crippen LogP contribution in [0.1, 0.15) is 41.8 Å². The first-order valence-corrected chi connectivity index (χ1v) is 8.16. The lowest BCUT2D eigenvalue weighted by Gasteiger charge is -2.28. The summed E-state index contributed by atoms with van der Waals surface area (Å²) in [7, 11) is 0. The summed E-state index contributed by atoms with van der Waals surface area (Å²) in [5, 5.41) is 17.5. The molecule has 0 bridgehead atoms. The van der Waals surface area contributed by atoms with E-state index in [1.165, 1.54) is 0 Å². The number of carbonyl (C=O) groups excluding carboxylic acids is 1. The van der Waals surface area contributed by atoms with Crippen molar-refractivity contribution >= 4 is 17.5 Å². The van der Waals surface area contributed by atoms with Gasteiger partial charge in [-0.25, -0.2) is 0 Å². The van der Waals surface area contributed by atoms with Crippen LogP contribution in [0.3, 0.4) is 0 Å². The minimum Gasteiger partial charge on any atom is -0.391 e. The van der Waals surface area contributed by atoms with Crippen LogP contribution in [0.2, 0.25) is 5.02 Å². The molecule has 1 amide bonds. The number of nitrogens with one attached hydrogen (secondary N) is 1. The Morgan fingerprint density at radius 2 is 2.09 bits per heavy atom. The molecule has 5 nitrogen and oxygen atoms in total. The van der Waals surface area contributed by atoms with Crippen molar-refractivity contribution in [1.82, 2.24) is 10.5 Å². The Balaban J connectivity index is 1.89. The van der Waals surface area contributed by atoms with Crippen LogP contribution in [0, 0.1) is 6.92 Å². The Morgan fingerprint density at radius 3 is 2.83 bits per heavy atom. The number of aromatic nitrogens is 1. The Hall–Kier alpha value is -1.85. The second-order valence-corrected chi connectivity index (χ2v) is 6.28. The molecule has 2 atom stereocenters. The zero-order valence-electron chi connectivity index (χ0n) is 12.9. The number of amides is 1. The Bertz CT molecular complexity index is 714. The SMILES string of the molecule is Cc1onc(-c2ccccc2Cl)c1C(=O)NC1CCCCC1O. The van der Waals surface area contributed by atoms with Gasteiger partial charge in [0.1, 0.15) is 17.0 Å². The highest BCUT2D eigenvalue weighted by Gasteiger charge is 2.28. The first-order valence-electron chi connectivity index (χ1n) is 7.78. The third-order valence-corrected chi connectivity index (χ3v) is 4.59. The fourth-order valence-corrected chi connectivity index (χ4v) is 3.22. The number of nitrogens with zero attached hydrogens (tertiary/aromatic N) is 1. The van der Waals surface area contributed by atoms with E-state index < -0.39 is 6.10 Å². The molecule has 3 rings (SSSR count). The van der Waals surface area contributed by atoms with Gasteiger partial charge in [0, 0.05) is 5.56 Å². The maximum atomic E-state index is 12.7. The van der Waals surface area contributed by atoms with Crippen LogP contribution in [0.5, 0.6) is 0 Å². The van der Waals surface area contributed by atoms with Gasteiger partial charge in [0.05, 0.1) is 17.2 Å². The maximum absolute atomic E-state index is 12.7. The number of benzene rings is 1. The number of rotatable bonds is 3. The van der Waals surface area contributed by atoms with Gasteiger partial charge >= 0.3 is 0 Å². The largest absolute Gasteiger partial charge is 0.391 e. The van der Waals surface area contributed by atoms with Crippen LogP contribution in [0.15, 0.2) is 28.8 Å². The Kier molecular flexibility index (Phi) is 4.68. The van der Waals surface area contributed by atoms with Crippen LogP contribution in [0.25, 0.3) is 11.3 Å².